The Morgan fingerprint density at radius 2 is 1.82 bits per heavy atom. The number of fused-ring (bicyclic) bond motifs is 1. The molecule has 2 amide bonds. The van der Waals surface area contributed by atoms with E-state index in [1.807, 2.05) is 58.5 Å². The molecule has 33 heavy (non-hydrogen) atoms. The fourth-order valence-corrected chi connectivity index (χ4v) is 4.72. The van der Waals surface area contributed by atoms with E-state index >= 15 is 0 Å². The van der Waals surface area contributed by atoms with Gasteiger partial charge >= 0.3 is 0 Å². The van der Waals surface area contributed by atoms with Crippen LogP contribution in [0, 0.1) is 0 Å². The van der Waals surface area contributed by atoms with E-state index in [1.165, 1.54) is 11.8 Å². The van der Waals surface area contributed by atoms with Crippen molar-refractivity contribution in [2.45, 2.75) is 11.3 Å². The molecule has 3 heterocycles. The predicted molar refractivity (Wildman–Crippen MR) is 125 cm³/mol. The number of ether oxygens (including phenoxy) is 2. The highest BCUT2D eigenvalue weighted by atomic mass is 32.2. The monoisotopic (exact) mass is 478 g/mol. The van der Waals surface area contributed by atoms with E-state index in [0.29, 0.717) is 22.5 Å². The van der Waals surface area contributed by atoms with Crippen molar-refractivity contribution in [1.82, 2.24) is 20.1 Å². The molecule has 8 nitrogen and oxygen atoms in total. The van der Waals surface area contributed by atoms with Crippen LogP contribution < -0.4 is 14.8 Å². The number of carbonyl (C=O) groups is 2. The maximum atomic E-state index is 12.5. The van der Waals surface area contributed by atoms with Crippen LogP contribution in [-0.2, 0) is 9.59 Å². The van der Waals surface area contributed by atoms with Crippen molar-refractivity contribution in [2.75, 3.05) is 12.4 Å². The van der Waals surface area contributed by atoms with Crippen LogP contribution in [0.15, 0.2) is 77.3 Å². The van der Waals surface area contributed by atoms with E-state index in [2.05, 4.69) is 15.5 Å². The van der Waals surface area contributed by atoms with Crippen LogP contribution in [0.4, 0.5) is 0 Å². The Morgan fingerprint density at radius 3 is 2.61 bits per heavy atom. The quantitative estimate of drug-likeness (QED) is 0.423. The predicted octanol–water partition coefficient (Wildman–Crippen LogP) is 3.57. The normalized spacial score (nSPS) is 14.6. The molecule has 1 atom stereocenters. The number of benzene rings is 2. The number of thioether (sulfide) groups is 1. The summed E-state index contributed by atoms with van der Waals surface area (Å²) >= 11 is 2.76. The van der Waals surface area contributed by atoms with Gasteiger partial charge in [0.1, 0.15) is 6.61 Å². The minimum Gasteiger partial charge on any atom is -0.485 e. The molecular formula is C23H18N4O4S2. The van der Waals surface area contributed by atoms with Crippen molar-refractivity contribution in [3.8, 4) is 27.9 Å². The highest BCUT2D eigenvalue weighted by Crippen LogP contribution is 2.31. The van der Waals surface area contributed by atoms with Crippen molar-refractivity contribution < 1.29 is 19.1 Å². The molecule has 0 aliphatic carbocycles. The third kappa shape index (κ3) is 4.62. The molecule has 1 aliphatic heterocycles. The number of aromatic nitrogens is 3. The van der Waals surface area contributed by atoms with E-state index in [1.54, 1.807) is 29.5 Å². The van der Waals surface area contributed by atoms with Gasteiger partial charge in [0.25, 0.3) is 5.91 Å². The molecule has 166 valence electrons. The number of carbonyl (C=O) groups excluding carboxylic acids is 2. The molecule has 1 unspecified atom stereocenters. The lowest BCUT2D eigenvalue weighted by Crippen LogP contribution is -2.46. The van der Waals surface area contributed by atoms with Crippen LogP contribution in [0.1, 0.15) is 0 Å². The Morgan fingerprint density at radius 1 is 1.03 bits per heavy atom. The van der Waals surface area contributed by atoms with Crippen LogP contribution in [-0.4, -0.2) is 45.0 Å². The van der Waals surface area contributed by atoms with Crippen LogP contribution in [0.3, 0.4) is 0 Å². The number of hydrogen-bond acceptors (Lipinski definition) is 8. The molecule has 5 rings (SSSR count). The van der Waals surface area contributed by atoms with Gasteiger partial charge in [0.15, 0.2) is 22.5 Å². The second-order valence-corrected chi connectivity index (χ2v) is 8.91. The summed E-state index contributed by atoms with van der Waals surface area (Å²) < 4.78 is 13.1. The smallest absolute Gasteiger partial charge is 0.271 e. The first-order chi connectivity index (χ1) is 16.2. The van der Waals surface area contributed by atoms with Crippen LogP contribution in [0.25, 0.3) is 16.4 Å². The van der Waals surface area contributed by atoms with Crippen molar-refractivity contribution in [3.63, 3.8) is 0 Å². The number of thiophene rings is 1. The summed E-state index contributed by atoms with van der Waals surface area (Å²) in [5.41, 5.74) is 0.885. The number of imide groups is 1. The van der Waals surface area contributed by atoms with Gasteiger partial charge < -0.3 is 9.47 Å². The maximum absolute atomic E-state index is 12.5. The van der Waals surface area contributed by atoms with Crippen molar-refractivity contribution in [1.29, 1.82) is 0 Å². The molecule has 2 aromatic heterocycles. The van der Waals surface area contributed by atoms with Crippen LogP contribution >= 0.6 is 23.1 Å². The fourth-order valence-electron chi connectivity index (χ4n) is 3.27. The summed E-state index contributed by atoms with van der Waals surface area (Å²) in [5, 5.41) is 13.5. The summed E-state index contributed by atoms with van der Waals surface area (Å²) in [7, 11) is 0. The molecule has 10 heteroatoms. The third-order valence-corrected chi connectivity index (χ3v) is 6.58. The highest BCUT2D eigenvalue weighted by molar-refractivity contribution is 7.99. The average molecular weight is 479 g/mol. The third-order valence-electron chi connectivity index (χ3n) is 4.79. The lowest BCUT2D eigenvalue weighted by Gasteiger charge is -2.25. The van der Waals surface area contributed by atoms with Gasteiger partial charge in [-0.1, -0.05) is 48.2 Å². The van der Waals surface area contributed by atoms with Gasteiger partial charge in [0.2, 0.25) is 12.0 Å². The number of nitrogens with zero attached hydrogens (tertiary/aromatic N) is 3. The van der Waals surface area contributed by atoms with Gasteiger partial charge in [-0.3, -0.25) is 19.5 Å². The molecule has 1 aliphatic rings. The summed E-state index contributed by atoms with van der Waals surface area (Å²) in [6.07, 6.45) is -0.896. The molecule has 0 saturated heterocycles. The number of nitrogens with one attached hydrogen (secondary N) is 1. The van der Waals surface area contributed by atoms with Crippen molar-refractivity contribution in [2.24, 2.45) is 0 Å². The second-order valence-electron chi connectivity index (χ2n) is 7.02. The summed E-state index contributed by atoms with van der Waals surface area (Å²) in [4.78, 5) is 26.0. The second kappa shape index (κ2) is 9.47. The van der Waals surface area contributed by atoms with Crippen LogP contribution in [0.2, 0.25) is 0 Å². The van der Waals surface area contributed by atoms with E-state index < -0.39 is 17.9 Å². The number of para-hydroxylation sites is 3. The minimum absolute atomic E-state index is 0.00862. The maximum Gasteiger partial charge on any atom is 0.271 e. The first-order valence-corrected chi connectivity index (χ1v) is 12.0. The van der Waals surface area contributed by atoms with E-state index in [9.17, 15) is 9.59 Å². The number of hydrogen-bond donors (Lipinski definition) is 1. The molecule has 0 spiro atoms. The molecule has 2 aromatic carbocycles. The first kappa shape index (κ1) is 21.2. The van der Waals surface area contributed by atoms with E-state index in [-0.39, 0.29) is 12.4 Å². The Bertz CT molecular complexity index is 1270. The molecule has 0 fully saturated rings. The molecule has 0 saturated carbocycles. The molecular weight excluding hydrogens is 460 g/mol. The SMILES string of the molecule is O=C(CSc1nnc(-c2cccs2)n1-c1ccccc1)NC(=O)C1COc2ccccc2O1. The Labute approximate surface area is 197 Å². The van der Waals surface area contributed by atoms with E-state index in [0.717, 1.165) is 10.6 Å². The topological polar surface area (TPSA) is 95.3 Å². The highest BCUT2D eigenvalue weighted by Gasteiger charge is 2.28. The summed E-state index contributed by atoms with van der Waals surface area (Å²) in [5.74, 6) is 0.743. The van der Waals surface area contributed by atoms with Gasteiger partial charge in [-0.15, -0.1) is 21.5 Å². The Kier molecular flexibility index (Phi) is 6.09. The standard InChI is InChI=1S/C23H18N4O4S2/c28-20(24-22(29)18-13-30-16-9-4-5-10-17(16)31-18)14-33-23-26-25-21(19-11-6-12-32-19)27(23)15-7-2-1-3-8-15/h1-12,18H,13-14H2,(H,24,28,29). The molecule has 0 radical (unpaired) electrons. The number of amides is 2. The van der Waals surface area contributed by atoms with Gasteiger partial charge in [-0.25, -0.2) is 0 Å². The lowest BCUT2D eigenvalue weighted by atomic mass is 10.2. The van der Waals surface area contributed by atoms with Gasteiger partial charge in [0.05, 0.1) is 10.6 Å². The van der Waals surface area contributed by atoms with Gasteiger partial charge in [-0.05, 0) is 35.7 Å². The molecule has 4 aromatic rings. The fraction of sp³-hybridized carbons (Fsp3) is 0.130. The van der Waals surface area contributed by atoms with Crippen molar-refractivity contribution >= 4 is 34.9 Å². The van der Waals surface area contributed by atoms with Gasteiger partial charge in [-0.2, -0.15) is 0 Å². The molecule has 1 N–H and O–H groups in total. The zero-order chi connectivity index (χ0) is 22.6. The van der Waals surface area contributed by atoms with Crippen molar-refractivity contribution in [3.05, 3.63) is 72.1 Å². The summed E-state index contributed by atoms with van der Waals surface area (Å²) in [6, 6.07) is 20.7. The summed E-state index contributed by atoms with van der Waals surface area (Å²) in [6.45, 7) is 0.0375. The average Bonchev–Trinajstić information content (AvgIpc) is 3.53. The Balaban J connectivity index is 1.26. The lowest BCUT2D eigenvalue weighted by molar-refractivity contribution is -0.135. The van der Waals surface area contributed by atoms with E-state index in [4.69, 9.17) is 9.47 Å². The molecule has 0 bridgehead atoms. The minimum atomic E-state index is -0.896. The number of rotatable bonds is 6. The zero-order valence-corrected chi connectivity index (χ0v) is 18.8. The first-order valence-electron chi connectivity index (χ1n) is 10.1. The van der Waals surface area contributed by atoms with Crippen LogP contribution in [0.5, 0.6) is 11.5 Å². The zero-order valence-electron chi connectivity index (χ0n) is 17.2. The van der Waals surface area contributed by atoms with Gasteiger partial charge in [0, 0.05) is 5.69 Å². The Hall–Kier alpha value is -3.63. The largest absolute Gasteiger partial charge is 0.485 e.